The molecule has 0 saturated carbocycles. The van der Waals surface area contributed by atoms with Crippen molar-refractivity contribution in [3.63, 3.8) is 0 Å². The van der Waals surface area contributed by atoms with E-state index in [1.165, 1.54) is 18.1 Å². The fourth-order valence-electron chi connectivity index (χ4n) is 3.17. The van der Waals surface area contributed by atoms with E-state index in [1.807, 2.05) is 19.9 Å². The number of thioether (sulfide) groups is 1. The van der Waals surface area contributed by atoms with Crippen LogP contribution in [0.15, 0.2) is 34.6 Å². The number of rotatable bonds is 4. The van der Waals surface area contributed by atoms with Crippen molar-refractivity contribution in [2.24, 2.45) is 0 Å². The molecule has 1 aliphatic rings. The second-order valence-electron chi connectivity index (χ2n) is 6.72. The number of hydrogen-bond acceptors (Lipinski definition) is 7. The van der Waals surface area contributed by atoms with Gasteiger partial charge in [-0.15, -0.1) is 0 Å². The van der Waals surface area contributed by atoms with Crippen LogP contribution in [-0.2, 0) is 4.79 Å². The number of fused-ring (bicyclic) bond motifs is 1. The van der Waals surface area contributed by atoms with Gasteiger partial charge < -0.3 is 5.32 Å². The average molecular weight is 397 g/mol. The van der Waals surface area contributed by atoms with E-state index in [9.17, 15) is 9.59 Å². The highest BCUT2D eigenvalue weighted by Gasteiger charge is 2.27. The highest BCUT2D eigenvalue weighted by atomic mass is 32.2. The molecule has 0 aliphatic carbocycles. The third-order valence-corrected chi connectivity index (χ3v) is 5.58. The van der Waals surface area contributed by atoms with Crippen molar-refractivity contribution >= 4 is 23.5 Å². The summed E-state index contributed by atoms with van der Waals surface area (Å²) in [6.07, 6.45) is 3.13. The summed E-state index contributed by atoms with van der Waals surface area (Å²) in [4.78, 5) is 37.6. The van der Waals surface area contributed by atoms with Gasteiger partial charge in [0.1, 0.15) is 12.1 Å². The van der Waals surface area contributed by atoms with E-state index >= 15 is 0 Å². The summed E-state index contributed by atoms with van der Waals surface area (Å²) >= 11 is 1.49. The zero-order chi connectivity index (χ0) is 19.8. The van der Waals surface area contributed by atoms with Crippen molar-refractivity contribution in [1.82, 2.24) is 29.3 Å². The maximum absolute atomic E-state index is 12.6. The highest BCUT2D eigenvalue weighted by molar-refractivity contribution is 7.99. The average Bonchev–Trinajstić information content (AvgIpc) is 3.21. The van der Waals surface area contributed by atoms with Gasteiger partial charge >= 0.3 is 0 Å². The van der Waals surface area contributed by atoms with Crippen LogP contribution in [0.3, 0.4) is 0 Å². The number of nitrogens with zero attached hydrogens (tertiary/aromatic N) is 6. The Labute approximate surface area is 165 Å². The molecule has 28 heavy (non-hydrogen) atoms. The third-order valence-electron chi connectivity index (χ3n) is 4.47. The molecule has 1 aliphatic heterocycles. The largest absolute Gasteiger partial charge is 0.310 e. The Kier molecular flexibility index (Phi) is 4.71. The Balaban J connectivity index is 1.50. The minimum atomic E-state index is -0.225. The second kappa shape index (κ2) is 7.19. The minimum absolute atomic E-state index is 0.0957. The smallest absolute Gasteiger partial charge is 0.257 e. The predicted octanol–water partition coefficient (Wildman–Crippen LogP) is 1.82. The van der Waals surface area contributed by atoms with Crippen molar-refractivity contribution in [3.05, 3.63) is 52.0 Å². The lowest BCUT2D eigenvalue weighted by molar-refractivity contribution is -0.116. The first-order chi connectivity index (χ1) is 13.4. The summed E-state index contributed by atoms with van der Waals surface area (Å²) in [5.74, 6) is 1.39. The van der Waals surface area contributed by atoms with Crippen molar-refractivity contribution in [2.45, 2.75) is 38.4 Å². The standard InChI is InChI=1S/C18H19N7O2S/c1-10-7-19-18-24(17(10)27)13(8-28-18)5-16(26)22-14-6-15(21-9-20-14)25-12(3)4-11(2)23-25/h4,6-7,9,13H,5,8H2,1-3H3,(H,20,21,22,26). The molecule has 4 heterocycles. The van der Waals surface area contributed by atoms with Gasteiger partial charge in [0.05, 0.1) is 11.7 Å². The summed E-state index contributed by atoms with van der Waals surface area (Å²) in [7, 11) is 0. The molecule has 4 rings (SSSR count). The normalized spacial score (nSPS) is 15.5. The van der Waals surface area contributed by atoms with E-state index in [0.717, 1.165) is 11.4 Å². The summed E-state index contributed by atoms with van der Waals surface area (Å²) in [6.45, 7) is 5.57. The van der Waals surface area contributed by atoms with Crippen molar-refractivity contribution in [3.8, 4) is 5.82 Å². The lowest BCUT2D eigenvalue weighted by Gasteiger charge is -2.13. The molecular formula is C18H19N7O2S. The Morgan fingerprint density at radius 1 is 1.25 bits per heavy atom. The first-order valence-corrected chi connectivity index (χ1v) is 9.77. The zero-order valence-corrected chi connectivity index (χ0v) is 16.5. The summed E-state index contributed by atoms with van der Waals surface area (Å²) < 4.78 is 3.31. The molecule has 0 saturated heterocycles. The Morgan fingerprint density at radius 3 is 2.82 bits per heavy atom. The molecule has 0 aromatic carbocycles. The zero-order valence-electron chi connectivity index (χ0n) is 15.7. The van der Waals surface area contributed by atoms with Crippen LogP contribution in [0.5, 0.6) is 0 Å². The van der Waals surface area contributed by atoms with Gasteiger partial charge in [-0.05, 0) is 26.8 Å². The van der Waals surface area contributed by atoms with E-state index in [2.05, 4.69) is 25.4 Å². The number of carbonyl (C=O) groups is 1. The van der Waals surface area contributed by atoms with Crippen LogP contribution in [-0.4, -0.2) is 41.0 Å². The van der Waals surface area contributed by atoms with Crippen LogP contribution in [0.25, 0.3) is 5.82 Å². The molecule has 0 bridgehead atoms. The van der Waals surface area contributed by atoms with Crippen LogP contribution < -0.4 is 10.9 Å². The van der Waals surface area contributed by atoms with Crippen LogP contribution >= 0.6 is 11.8 Å². The maximum Gasteiger partial charge on any atom is 0.257 e. The Morgan fingerprint density at radius 2 is 2.07 bits per heavy atom. The van der Waals surface area contributed by atoms with Gasteiger partial charge in [-0.3, -0.25) is 14.2 Å². The molecule has 1 N–H and O–H groups in total. The molecule has 3 aromatic rings. The highest BCUT2D eigenvalue weighted by Crippen LogP contribution is 2.32. The number of anilines is 1. The van der Waals surface area contributed by atoms with Crippen LogP contribution in [0.1, 0.15) is 29.4 Å². The first kappa shape index (κ1) is 18.4. The van der Waals surface area contributed by atoms with E-state index in [0.29, 0.717) is 28.1 Å². The molecule has 1 amide bonds. The molecule has 1 atom stereocenters. The van der Waals surface area contributed by atoms with E-state index in [-0.39, 0.29) is 23.9 Å². The fourth-order valence-corrected chi connectivity index (χ4v) is 4.28. The lowest BCUT2D eigenvalue weighted by Crippen LogP contribution is -2.28. The van der Waals surface area contributed by atoms with Crippen LogP contribution in [0, 0.1) is 20.8 Å². The molecule has 1 unspecified atom stereocenters. The summed E-state index contributed by atoms with van der Waals surface area (Å²) in [5.41, 5.74) is 2.30. The minimum Gasteiger partial charge on any atom is -0.310 e. The number of nitrogens with one attached hydrogen (secondary N) is 1. The topological polar surface area (TPSA) is 108 Å². The number of amides is 1. The molecular weight excluding hydrogens is 378 g/mol. The van der Waals surface area contributed by atoms with Gasteiger partial charge in [-0.1, -0.05) is 11.8 Å². The van der Waals surface area contributed by atoms with E-state index in [4.69, 9.17) is 0 Å². The molecule has 0 radical (unpaired) electrons. The van der Waals surface area contributed by atoms with Crippen molar-refractivity contribution in [2.75, 3.05) is 11.1 Å². The Hall–Kier alpha value is -3.01. The van der Waals surface area contributed by atoms with E-state index in [1.54, 1.807) is 28.4 Å². The quantitative estimate of drug-likeness (QED) is 0.669. The van der Waals surface area contributed by atoms with Crippen molar-refractivity contribution in [1.29, 1.82) is 0 Å². The van der Waals surface area contributed by atoms with Gasteiger partial charge in [0.15, 0.2) is 11.0 Å². The number of hydrogen-bond donors (Lipinski definition) is 1. The second-order valence-corrected chi connectivity index (χ2v) is 7.70. The predicted molar refractivity (Wildman–Crippen MR) is 105 cm³/mol. The van der Waals surface area contributed by atoms with Gasteiger partial charge in [0.2, 0.25) is 5.91 Å². The molecule has 3 aromatic heterocycles. The SMILES string of the molecule is Cc1cc(C)n(-c2cc(NC(=O)CC3CSc4ncc(C)c(=O)n43)ncn2)n1. The summed E-state index contributed by atoms with van der Waals surface area (Å²) in [6, 6.07) is 3.40. The van der Waals surface area contributed by atoms with Gasteiger partial charge in [-0.2, -0.15) is 5.10 Å². The monoisotopic (exact) mass is 397 g/mol. The van der Waals surface area contributed by atoms with Crippen molar-refractivity contribution < 1.29 is 4.79 Å². The lowest BCUT2D eigenvalue weighted by atomic mass is 10.2. The van der Waals surface area contributed by atoms with Gasteiger partial charge in [0.25, 0.3) is 5.56 Å². The van der Waals surface area contributed by atoms with Crippen LogP contribution in [0.2, 0.25) is 0 Å². The van der Waals surface area contributed by atoms with Gasteiger partial charge in [-0.25, -0.2) is 19.6 Å². The third kappa shape index (κ3) is 3.42. The molecule has 10 heteroatoms. The molecule has 9 nitrogen and oxygen atoms in total. The fraction of sp³-hybridized carbons (Fsp3) is 0.333. The first-order valence-electron chi connectivity index (χ1n) is 8.79. The number of carbonyl (C=O) groups excluding carboxylic acids is 1. The van der Waals surface area contributed by atoms with Gasteiger partial charge in [0, 0.05) is 35.7 Å². The molecule has 0 spiro atoms. The number of aryl methyl sites for hydroxylation is 3. The van der Waals surface area contributed by atoms with E-state index < -0.39 is 0 Å². The number of aromatic nitrogens is 6. The molecule has 144 valence electrons. The Bertz CT molecular complexity index is 1120. The summed E-state index contributed by atoms with van der Waals surface area (Å²) in [5, 5.41) is 7.84. The molecule has 0 fully saturated rings. The maximum atomic E-state index is 12.6. The van der Waals surface area contributed by atoms with Crippen LogP contribution in [0.4, 0.5) is 5.82 Å².